The van der Waals surface area contributed by atoms with Gasteiger partial charge in [0.05, 0.1) is 0 Å². The summed E-state index contributed by atoms with van der Waals surface area (Å²) in [6, 6.07) is 6.27. The van der Waals surface area contributed by atoms with Crippen molar-refractivity contribution in [3.8, 4) is 0 Å². The van der Waals surface area contributed by atoms with Crippen LogP contribution < -0.4 is 10.6 Å². The highest BCUT2D eigenvalue weighted by molar-refractivity contribution is 5.95. The summed E-state index contributed by atoms with van der Waals surface area (Å²) in [5.74, 6) is 0.357. The number of rotatable bonds is 2. The second-order valence-corrected chi connectivity index (χ2v) is 6.14. The van der Waals surface area contributed by atoms with Gasteiger partial charge < -0.3 is 10.6 Å². The minimum Gasteiger partial charge on any atom is -0.326 e. The highest BCUT2D eigenvalue weighted by Gasteiger charge is 2.50. The molecule has 3 nitrogen and oxygen atoms in total. The lowest BCUT2D eigenvalue weighted by Gasteiger charge is -2.18. The number of anilines is 1. The monoisotopic (exact) mass is 280 g/mol. The fourth-order valence-corrected chi connectivity index (χ4v) is 2.70. The Bertz CT molecular complexity index is 499. The average molecular weight is 281 g/mol. The molecule has 0 bridgehead atoms. The molecule has 1 aromatic rings. The topological polar surface area (TPSA) is 41.1 Å². The van der Waals surface area contributed by atoms with Crippen molar-refractivity contribution in [2.45, 2.75) is 33.2 Å². The van der Waals surface area contributed by atoms with Crippen LogP contribution in [0.25, 0.3) is 0 Å². The summed E-state index contributed by atoms with van der Waals surface area (Å²) >= 11 is 0. The molecule has 1 aliphatic heterocycles. The number of carbonyl (C=O) groups is 1. The van der Waals surface area contributed by atoms with Crippen molar-refractivity contribution < 1.29 is 4.79 Å². The molecule has 2 N–H and O–H groups in total. The summed E-state index contributed by atoms with van der Waals surface area (Å²) in [6.07, 6.45) is 2.09. The average Bonchev–Trinajstić information content (AvgIpc) is 2.98. The molecule has 0 radical (unpaired) electrons. The summed E-state index contributed by atoms with van der Waals surface area (Å²) < 4.78 is 0. The fraction of sp³-hybridized carbons (Fsp3) is 0.533. The summed E-state index contributed by atoms with van der Waals surface area (Å²) in [5, 5.41) is 6.40. The van der Waals surface area contributed by atoms with E-state index in [4.69, 9.17) is 0 Å². The minimum atomic E-state index is 0. The summed E-state index contributed by atoms with van der Waals surface area (Å²) in [5.41, 5.74) is 3.84. The van der Waals surface area contributed by atoms with Crippen molar-refractivity contribution in [1.29, 1.82) is 0 Å². The maximum atomic E-state index is 12.0. The van der Waals surface area contributed by atoms with Crippen LogP contribution in [0.4, 0.5) is 5.69 Å². The van der Waals surface area contributed by atoms with Gasteiger partial charge in [-0.15, -0.1) is 12.4 Å². The van der Waals surface area contributed by atoms with E-state index in [1.807, 2.05) is 6.07 Å². The number of nitrogens with one attached hydrogen (secondary N) is 2. The standard InChI is InChI=1S/C15H20N2O.ClH/c1-15(2)8-13(15)14(18)17-12-4-3-10-5-6-16-9-11(10)7-12;/h3-4,7,13,16H,5-6,8-9H2,1-2H3,(H,17,18);1H. The zero-order chi connectivity index (χ0) is 12.8. The molecule has 2 aliphatic rings. The van der Waals surface area contributed by atoms with Gasteiger partial charge in [-0.3, -0.25) is 4.79 Å². The Kier molecular flexibility index (Phi) is 3.88. The largest absolute Gasteiger partial charge is 0.326 e. The van der Waals surface area contributed by atoms with Crippen molar-refractivity contribution in [3.05, 3.63) is 29.3 Å². The quantitative estimate of drug-likeness (QED) is 0.875. The van der Waals surface area contributed by atoms with Gasteiger partial charge in [0.25, 0.3) is 0 Å². The highest BCUT2D eigenvalue weighted by atomic mass is 35.5. The molecule has 0 aromatic heterocycles. The molecule has 1 unspecified atom stereocenters. The molecule has 1 heterocycles. The molecule has 1 atom stereocenters. The van der Waals surface area contributed by atoms with Crippen molar-refractivity contribution >= 4 is 24.0 Å². The Morgan fingerprint density at radius 2 is 2.11 bits per heavy atom. The summed E-state index contributed by atoms with van der Waals surface area (Å²) in [6.45, 7) is 6.25. The van der Waals surface area contributed by atoms with E-state index in [9.17, 15) is 4.79 Å². The van der Waals surface area contributed by atoms with E-state index in [0.29, 0.717) is 0 Å². The van der Waals surface area contributed by atoms with E-state index in [1.165, 1.54) is 11.1 Å². The zero-order valence-electron chi connectivity index (χ0n) is 11.5. The van der Waals surface area contributed by atoms with Gasteiger partial charge in [-0.05, 0) is 48.1 Å². The van der Waals surface area contributed by atoms with Gasteiger partial charge in [0, 0.05) is 18.2 Å². The Hall–Kier alpha value is -1.06. The maximum Gasteiger partial charge on any atom is 0.228 e. The van der Waals surface area contributed by atoms with Gasteiger partial charge >= 0.3 is 0 Å². The molecule has 1 amide bonds. The van der Waals surface area contributed by atoms with Crippen LogP contribution in [0.1, 0.15) is 31.4 Å². The van der Waals surface area contributed by atoms with Crippen molar-refractivity contribution in [2.75, 3.05) is 11.9 Å². The molecule has 1 saturated carbocycles. The van der Waals surface area contributed by atoms with Crippen LogP contribution in [0.2, 0.25) is 0 Å². The third kappa shape index (κ3) is 2.93. The second kappa shape index (κ2) is 5.14. The van der Waals surface area contributed by atoms with Gasteiger partial charge in [0.15, 0.2) is 0 Å². The van der Waals surface area contributed by atoms with Crippen molar-refractivity contribution in [1.82, 2.24) is 5.32 Å². The van der Waals surface area contributed by atoms with Crippen LogP contribution in [-0.2, 0) is 17.8 Å². The molecule has 0 spiro atoms. The molecule has 3 rings (SSSR count). The van der Waals surface area contributed by atoms with E-state index in [0.717, 1.165) is 31.6 Å². The Balaban J connectivity index is 0.00000133. The first-order valence-electron chi connectivity index (χ1n) is 6.70. The number of carbonyl (C=O) groups excluding carboxylic acids is 1. The maximum absolute atomic E-state index is 12.0. The number of benzene rings is 1. The molecular formula is C15H21ClN2O. The van der Waals surface area contributed by atoms with Crippen LogP contribution in [0.15, 0.2) is 18.2 Å². The van der Waals surface area contributed by atoms with Crippen LogP contribution in [0.3, 0.4) is 0 Å². The predicted molar refractivity (Wildman–Crippen MR) is 79.6 cm³/mol. The van der Waals surface area contributed by atoms with Crippen molar-refractivity contribution in [3.63, 3.8) is 0 Å². The van der Waals surface area contributed by atoms with Crippen molar-refractivity contribution in [2.24, 2.45) is 11.3 Å². The molecule has 1 aromatic carbocycles. The molecule has 1 fully saturated rings. The van der Waals surface area contributed by atoms with E-state index < -0.39 is 0 Å². The zero-order valence-corrected chi connectivity index (χ0v) is 12.3. The molecule has 104 valence electrons. The van der Waals surface area contributed by atoms with Crippen LogP contribution in [-0.4, -0.2) is 12.5 Å². The van der Waals surface area contributed by atoms with E-state index in [-0.39, 0.29) is 29.6 Å². The number of hydrogen-bond acceptors (Lipinski definition) is 2. The van der Waals surface area contributed by atoms with Gasteiger partial charge in [0.1, 0.15) is 0 Å². The Labute approximate surface area is 120 Å². The normalized spacial score (nSPS) is 22.9. The van der Waals surface area contributed by atoms with Crippen LogP contribution in [0.5, 0.6) is 0 Å². The lowest BCUT2D eigenvalue weighted by atomic mass is 10.0. The second-order valence-electron chi connectivity index (χ2n) is 6.14. The molecule has 4 heteroatoms. The Morgan fingerprint density at radius 1 is 1.37 bits per heavy atom. The molecule has 19 heavy (non-hydrogen) atoms. The van der Waals surface area contributed by atoms with Gasteiger partial charge in [-0.25, -0.2) is 0 Å². The number of amides is 1. The smallest absolute Gasteiger partial charge is 0.228 e. The first-order valence-corrected chi connectivity index (χ1v) is 6.70. The lowest BCUT2D eigenvalue weighted by Crippen LogP contribution is -2.24. The SMILES string of the molecule is CC1(C)CC1C(=O)Nc1ccc2c(c1)CNCC2.Cl. The van der Waals surface area contributed by atoms with Gasteiger partial charge in [-0.2, -0.15) is 0 Å². The number of hydrogen-bond donors (Lipinski definition) is 2. The summed E-state index contributed by atoms with van der Waals surface area (Å²) in [7, 11) is 0. The highest BCUT2D eigenvalue weighted by Crippen LogP contribution is 2.52. The van der Waals surface area contributed by atoms with Gasteiger partial charge in [0.2, 0.25) is 5.91 Å². The molecular weight excluding hydrogens is 260 g/mol. The fourth-order valence-electron chi connectivity index (χ4n) is 2.70. The summed E-state index contributed by atoms with van der Waals surface area (Å²) in [4.78, 5) is 12.0. The lowest BCUT2D eigenvalue weighted by molar-refractivity contribution is -0.117. The van der Waals surface area contributed by atoms with Gasteiger partial charge in [-0.1, -0.05) is 19.9 Å². The molecule has 1 aliphatic carbocycles. The van der Waals surface area contributed by atoms with E-state index in [1.54, 1.807) is 0 Å². The number of halogens is 1. The first kappa shape index (κ1) is 14.4. The Morgan fingerprint density at radius 3 is 2.79 bits per heavy atom. The minimum absolute atomic E-state index is 0. The third-order valence-electron chi connectivity index (χ3n) is 4.19. The molecule has 0 saturated heterocycles. The van der Waals surface area contributed by atoms with Crippen LogP contribution >= 0.6 is 12.4 Å². The van der Waals surface area contributed by atoms with Crippen LogP contribution in [0, 0.1) is 11.3 Å². The van der Waals surface area contributed by atoms with E-state index >= 15 is 0 Å². The third-order valence-corrected chi connectivity index (χ3v) is 4.19. The predicted octanol–water partition coefficient (Wildman–Crippen LogP) is 2.74. The van der Waals surface area contributed by atoms with E-state index in [2.05, 4.69) is 36.6 Å². The number of fused-ring (bicyclic) bond motifs is 1. The first-order chi connectivity index (χ1) is 8.56.